The standard InChI is InChI=1S/C9H10/c1-2-6-9-7-4-3-5-8-9/h2-7H,1,8H2/b9-6+. The molecule has 0 spiro atoms. The Morgan fingerprint density at radius 1 is 1.44 bits per heavy atom. The van der Waals surface area contributed by atoms with Crippen molar-refractivity contribution >= 4 is 0 Å². The fourth-order valence-corrected chi connectivity index (χ4v) is 0.805. The number of hydrogen-bond acceptors (Lipinski definition) is 0. The summed E-state index contributed by atoms with van der Waals surface area (Å²) in [5.74, 6) is 0. The molecule has 0 aromatic heterocycles. The van der Waals surface area contributed by atoms with Crippen LogP contribution in [0.4, 0.5) is 0 Å². The largest absolute Gasteiger partial charge is 0.0991 e. The molecule has 0 aromatic rings. The lowest BCUT2D eigenvalue weighted by Gasteiger charge is -1.97. The Labute approximate surface area is 55.9 Å². The van der Waals surface area contributed by atoms with Crippen LogP contribution in [0.1, 0.15) is 6.42 Å². The molecule has 0 aliphatic heterocycles. The lowest BCUT2D eigenvalue weighted by atomic mass is 10.1. The van der Waals surface area contributed by atoms with Gasteiger partial charge >= 0.3 is 0 Å². The van der Waals surface area contributed by atoms with E-state index in [0.717, 1.165) is 6.42 Å². The molecule has 0 atom stereocenters. The zero-order chi connectivity index (χ0) is 6.53. The first kappa shape index (κ1) is 6.09. The second kappa shape index (κ2) is 3.08. The predicted molar refractivity (Wildman–Crippen MR) is 41.2 cm³/mol. The average molecular weight is 118 g/mol. The first-order valence-corrected chi connectivity index (χ1v) is 3.08. The fourth-order valence-electron chi connectivity index (χ4n) is 0.805. The van der Waals surface area contributed by atoms with Crippen LogP contribution in [-0.2, 0) is 0 Å². The monoisotopic (exact) mass is 118 g/mol. The maximum Gasteiger partial charge on any atom is -0.00943 e. The molecule has 1 aliphatic rings. The Balaban J connectivity index is 2.65. The SMILES string of the molecule is C=C/C=C1\C=CC=CC1. The zero-order valence-electron chi connectivity index (χ0n) is 5.38. The van der Waals surface area contributed by atoms with Gasteiger partial charge < -0.3 is 0 Å². The molecule has 0 amide bonds. The van der Waals surface area contributed by atoms with Crippen LogP contribution in [0.5, 0.6) is 0 Å². The highest BCUT2D eigenvalue weighted by Crippen LogP contribution is 2.08. The summed E-state index contributed by atoms with van der Waals surface area (Å²) in [6, 6.07) is 0. The Hall–Kier alpha value is -1.04. The first-order chi connectivity index (χ1) is 4.43. The van der Waals surface area contributed by atoms with Crippen molar-refractivity contribution in [3.8, 4) is 0 Å². The van der Waals surface area contributed by atoms with Crippen LogP contribution in [0, 0.1) is 0 Å². The number of allylic oxidation sites excluding steroid dienone is 7. The third-order valence-corrected chi connectivity index (χ3v) is 1.24. The van der Waals surface area contributed by atoms with E-state index in [0.29, 0.717) is 0 Å². The summed E-state index contributed by atoms with van der Waals surface area (Å²) in [7, 11) is 0. The van der Waals surface area contributed by atoms with Gasteiger partial charge in [-0.25, -0.2) is 0 Å². The van der Waals surface area contributed by atoms with Gasteiger partial charge in [-0.1, -0.05) is 43.0 Å². The summed E-state index contributed by atoms with van der Waals surface area (Å²) in [5.41, 5.74) is 1.33. The molecule has 0 unspecified atom stereocenters. The second-order valence-electron chi connectivity index (χ2n) is 1.97. The van der Waals surface area contributed by atoms with Gasteiger partial charge in [0.2, 0.25) is 0 Å². The summed E-state index contributed by atoms with van der Waals surface area (Å²) in [6.45, 7) is 3.62. The van der Waals surface area contributed by atoms with Crippen molar-refractivity contribution in [1.82, 2.24) is 0 Å². The third kappa shape index (κ3) is 1.73. The molecule has 9 heavy (non-hydrogen) atoms. The Morgan fingerprint density at radius 3 is 2.89 bits per heavy atom. The lowest BCUT2D eigenvalue weighted by Crippen LogP contribution is -1.77. The van der Waals surface area contributed by atoms with Crippen LogP contribution < -0.4 is 0 Å². The number of rotatable bonds is 1. The Bertz CT molecular complexity index is 180. The van der Waals surface area contributed by atoms with E-state index in [2.05, 4.69) is 24.8 Å². The van der Waals surface area contributed by atoms with Gasteiger partial charge in [0.25, 0.3) is 0 Å². The average Bonchev–Trinajstić information content (AvgIpc) is 1.91. The molecular formula is C9H10. The molecule has 1 rings (SSSR count). The fraction of sp³-hybridized carbons (Fsp3) is 0.111. The van der Waals surface area contributed by atoms with E-state index in [1.54, 1.807) is 0 Å². The first-order valence-electron chi connectivity index (χ1n) is 3.08. The van der Waals surface area contributed by atoms with Crippen LogP contribution >= 0.6 is 0 Å². The van der Waals surface area contributed by atoms with E-state index in [-0.39, 0.29) is 0 Å². The molecule has 0 saturated carbocycles. The highest BCUT2D eigenvalue weighted by Gasteiger charge is 1.88. The highest BCUT2D eigenvalue weighted by atomic mass is 13.9. The van der Waals surface area contributed by atoms with Gasteiger partial charge in [0, 0.05) is 0 Å². The topological polar surface area (TPSA) is 0 Å². The summed E-state index contributed by atoms with van der Waals surface area (Å²) < 4.78 is 0. The normalized spacial score (nSPS) is 20.7. The van der Waals surface area contributed by atoms with E-state index >= 15 is 0 Å². The zero-order valence-corrected chi connectivity index (χ0v) is 5.38. The van der Waals surface area contributed by atoms with Gasteiger partial charge in [-0.15, -0.1) is 0 Å². The Kier molecular flexibility index (Phi) is 2.08. The van der Waals surface area contributed by atoms with Crippen LogP contribution in [0.15, 0.2) is 48.6 Å². The van der Waals surface area contributed by atoms with Crippen molar-refractivity contribution < 1.29 is 0 Å². The molecule has 0 fully saturated rings. The van der Waals surface area contributed by atoms with Crippen LogP contribution in [0.25, 0.3) is 0 Å². The summed E-state index contributed by atoms with van der Waals surface area (Å²) >= 11 is 0. The van der Waals surface area contributed by atoms with Crippen molar-refractivity contribution in [3.05, 3.63) is 48.6 Å². The number of hydrogen-bond donors (Lipinski definition) is 0. The van der Waals surface area contributed by atoms with Gasteiger partial charge in [-0.3, -0.25) is 0 Å². The minimum atomic E-state index is 1.04. The quantitative estimate of drug-likeness (QED) is 0.496. The van der Waals surface area contributed by atoms with E-state index in [4.69, 9.17) is 0 Å². The highest BCUT2D eigenvalue weighted by molar-refractivity contribution is 5.31. The molecule has 46 valence electrons. The van der Waals surface area contributed by atoms with Crippen LogP contribution in [0.2, 0.25) is 0 Å². The van der Waals surface area contributed by atoms with Crippen LogP contribution in [0.3, 0.4) is 0 Å². The van der Waals surface area contributed by atoms with Gasteiger partial charge in [-0.2, -0.15) is 0 Å². The summed E-state index contributed by atoms with van der Waals surface area (Å²) in [5, 5.41) is 0. The second-order valence-corrected chi connectivity index (χ2v) is 1.97. The van der Waals surface area contributed by atoms with Gasteiger partial charge in [0.05, 0.1) is 0 Å². The maximum absolute atomic E-state index is 3.62. The molecule has 0 heteroatoms. The maximum atomic E-state index is 3.62. The molecule has 0 nitrogen and oxygen atoms in total. The molecule has 0 aromatic carbocycles. The Morgan fingerprint density at radius 2 is 2.33 bits per heavy atom. The third-order valence-electron chi connectivity index (χ3n) is 1.24. The van der Waals surface area contributed by atoms with Gasteiger partial charge in [-0.05, 0) is 12.0 Å². The summed E-state index contributed by atoms with van der Waals surface area (Å²) in [4.78, 5) is 0. The summed E-state index contributed by atoms with van der Waals surface area (Å²) in [6.07, 6.45) is 13.2. The van der Waals surface area contributed by atoms with E-state index in [9.17, 15) is 0 Å². The van der Waals surface area contributed by atoms with Crippen molar-refractivity contribution in [2.75, 3.05) is 0 Å². The predicted octanol–water partition coefficient (Wildman–Crippen LogP) is 2.61. The minimum Gasteiger partial charge on any atom is -0.0991 e. The molecule has 0 bridgehead atoms. The van der Waals surface area contributed by atoms with E-state index < -0.39 is 0 Å². The molecule has 1 aliphatic carbocycles. The van der Waals surface area contributed by atoms with Gasteiger partial charge in [0.15, 0.2) is 0 Å². The van der Waals surface area contributed by atoms with Crippen LogP contribution in [-0.4, -0.2) is 0 Å². The van der Waals surface area contributed by atoms with E-state index in [1.807, 2.05) is 18.2 Å². The molecule has 0 radical (unpaired) electrons. The van der Waals surface area contributed by atoms with E-state index in [1.165, 1.54) is 5.57 Å². The lowest BCUT2D eigenvalue weighted by molar-refractivity contribution is 1.26. The minimum absolute atomic E-state index is 1.04. The molecular weight excluding hydrogens is 108 g/mol. The smallest absolute Gasteiger partial charge is 0.00943 e. The molecule has 0 heterocycles. The van der Waals surface area contributed by atoms with Crippen molar-refractivity contribution in [3.63, 3.8) is 0 Å². The molecule has 0 N–H and O–H groups in total. The van der Waals surface area contributed by atoms with Crippen molar-refractivity contribution in [2.24, 2.45) is 0 Å². The van der Waals surface area contributed by atoms with Gasteiger partial charge in [0.1, 0.15) is 0 Å². The van der Waals surface area contributed by atoms with Crippen molar-refractivity contribution in [2.45, 2.75) is 6.42 Å². The molecule has 0 saturated heterocycles. The van der Waals surface area contributed by atoms with Crippen molar-refractivity contribution in [1.29, 1.82) is 0 Å².